The molecule has 0 aromatic heterocycles. The van der Waals surface area contributed by atoms with Gasteiger partial charge in [-0.05, 0) is 58.7 Å². The molecule has 1 saturated carbocycles. The van der Waals surface area contributed by atoms with Gasteiger partial charge in [-0.15, -0.1) is 0 Å². The van der Waals surface area contributed by atoms with Crippen LogP contribution in [0.2, 0.25) is 0 Å². The number of ketones is 1. The number of likely N-dealkylation sites (N-methyl/N-ethyl adjacent to an activating group) is 1. The van der Waals surface area contributed by atoms with Crippen LogP contribution < -0.4 is 9.47 Å². The Morgan fingerprint density at radius 1 is 1.03 bits per heavy atom. The van der Waals surface area contributed by atoms with E-state index in [0.717, 1.165) is 32.1 Å². The molecule has 2 aliphatic rings. The second-order valence-corrected chi connectivity index (χ2v) is 10.2. The second kappa shape index (κ2) is 10.0. The number of hydrogen-bond acceptors (Lipinski definition) is 7. The van der Waals surface area contributed by atoms with E-state index in [9.17, 15) is 14.4 Å². The van der Waals surface area contributed by atoms with Gasteiger partial charge in [0, 0.05) is 18.0 Å². The molecule has 182 valence electrons. The minimum absolute atomic E-state index is 0.127. The molecule has 1 heterocycles. The lowest BCUT2D eigenvalue weighted by Crippen LogP contribution is -2.43. The van der Waals surface area contributed by atoms with Crippen LogP contribution in [0.3, 0.4) is 0 Å². The fourth-order valence-electron chi connectivity index (χ4n) is 4.01. The number of benzene rings is 1. The Labute approximate surface area is 195 Å². The van der Waals surface area contributed by atoms with Crippen LogP contribution in [0.5, 0.6) is 11.5 Å². The quantitative estimate of drug-likeness (QED) is 0.433. The van der Waals surface area contributed by atoms with Crippen molar-refractivity contribution in [1.29, 1.82) is 0 Å². The molecule has 1 fully saturated rings. The van der Waals surface area contributed by atoms with Gasteiger partial charge in [-0.2, -0.15) is 0 Å². The second-order valence-electron chi connectivity index (χ2n) is 10.2. The van der Waals surface area contributed by atoms with Gasteiger partial charge in [0.05, 0.1) is 11.5 Å². The summed E-state index contributed by atoms with van der Waals surface area (Å²) in [7, 11) is 1.55. The first kappa shape index (κ1) is 24.9. The normalized spacial score (nSPS) is 17.7. The van der Waals surface area contributed by atoms with Gasteiger partial charge < -0.3 is 23.8 Å². The molecule has 3 rings (SSSR count). The highest BCUT2D eigenvalue weighted by atomic mass is 16.7. The van der Waals surface area contributed by atoms with Gasteiger partial charge in [-0.3, -0.25) is 9.59 Å². The minimum Gasteiger partial charge on any atom is -0.465 e. The Balaban J connectivity index is 1.59. The van der Waals surface area contributed by atoms with Crippen LogP contribution in [-0.4, -0.2) is 55.8 Å². The van der Waals surface area contributed by atoms with E-state index in [1.54, 1.807) is 32.2 Å². The highest BCUT2D eigenvalue weighted by molar-refractivity contribution is 6.01. The molecule has 1 amide bonds. The molecule has 33 heavy (non-hydrogen) atoms. The molecule has 0 spiro atoms. The molecule has 0 bridgehead atoms. The zero-order valence-corrected chi connectivity index (χ0v) is 20.3. The van der Waals surface area contributed by atoms with Gasteiger partial charge in [0.15, 0.2) is 17.3 Å². The molecule has 1 aliphatic carbocycles. The van der Waals surface area contributed by atoms with Gasteiger partial charge in [0.2, 0.25) is 6.79 Å². The van der Waals surface area contributed by atoms with Crippen LogP contribution in [0, 0.1) is 10.8 Å². The molecule has 1 aromatic rings. The van der Waals surface area contributed by atoms with E-state index < -0.39 is 17.6 Å². The number of nitrogens with zero attached hydrogens (tertiary/aromatic N) is 1. The number of rotatable bonds is 7. The number of esters is 1. The van der Waals surface area contributed by atoms with Gasteiger partial charge in [-0.1, -0.05) is 19.3 Å². The van der Waals surface area contributed by atoms with E-state index >= 15 is 0 Å². The molecule has 0 radical (unpaired) electrons. The predicted molar refractivity (Wildman–Crippen MR) is 121 cm³/mol. The molecule has 0 saturated heterocycles. The summed E-state index contributed by atoms with van der Waals surface area (Å²) in [5, 5.41) is 0. The first-order valence-electron chi connectivity index (χ1n) is 11.5. The van der Waals surface area contributed by atoms with Crippen LogP contribution in [0.1, 0.15) is 70.2 Å². The summed E-state index contributed by atoms with van der Waals surface area (Å²) < 4.78 is 21.9. The maximum absolute atomic E-state index is 12.9. The van der Waals surface area contributed by atoms with Crippen molar-refractivity contribution in [1.82, 2.24) is 4.90 Å². The summed E-state index contributed by atoms with van der Waals surface area (Å²) in [6.45, 7) is 7.62. The van der Waals surface area contributed by atoms with Crippen LogP contribution in [-0.2, 0) is 14.3 Å². The van der Waals surface area contributed by atoms with Crippen molar-refractivity contribution >= 4 is 17.8 Å². The van der Waals surface area contributed by atoms with Crippen molar-refractivity contribution in [3.63, 3.8) is 0 Å². The molecule has 0 N–H and O–H groups in total. The van der Waals surface area contributed by atoms with Gasteiger partial charge in [0.1, 0.15) is 13.2 Å². The van der Waals surface area contributed by atoms with E-state index in [0.29, 0.717) is 17.1 Å². The number of fused-ring (bicyclic) bond motifs is 1. The third kappa shape index (κ3) is 5.97. The summed E-state index contributed by atoms with van der Waals surface area (Å²) in [6, 6.07) is 4.25. The van der Waals surface area contributed by atoms with Gasteiger partial charge in [0.25, 0.3) is 0 Å². The highest BCUT2D eigenvalue weighted by Crippen LogP contribution is 2.38. The summed E-state index contributed by atoms with van der Waals surface area (Å²) in [5.74, 6) is 0.623. The summed E-state index contributed by atoms with van der Waals surface area (Å²) in [5.41, 5.74) is -0.540. The first-order chi connectivity index (χ1) is 15.5. The molecule has 1 aliphatic heterocycles. The molecule has 8 heteroatoms. The predicted octanol–water partition coefficient (Wildman–Crippen LogP) is 4.59. The zero-order valence-electron chi connectivity index (χ0n) is 20.3. The summed E-state index contributed by atoms with van der Waals surface area (Å²) in [4.78, 5) is 39.3. The van der Waals surface area contributed by atoms with E-state index in [-0.39, 0.29) is 37.2 Å². The zero-order chi connectivity index (χ0) is 24.2. The van der Waals surface area contributed by atoms with Crippen LogP contribution in [0.15, 0.2) is 18.2 Å². The molecular weight excluding hydrogens is 426 g/mol. The topological polar surface area (TPSA) is 91.4 Å². The van der Waals surface area contributed by atoms with Crippen LogP contribution in [0.4, 0.5) is 4.79 Å². The van der Waals surface area contributed by atoms with E-state index in [2.05, 4.69) is 0 Å². The number of carbonyl (C=O) groups is 3. The Bertz CT molecular complexity index is 883. The Kier molecular flexibility index (Phi) is 7.55. The summed E-state index contributed by atoms with van der Waals surface area (Å²) in [6.07, 6.45) is 4.19. The smallest absolute Gasteiger partial charge is 0.410 e. The lowest BCUT2D eigenvalue weighted by atomic mass is 9.75. The standard InChI is InChI=1S/C25H35NO7/c1-17(21(27)18-9-10-19-20(13-18)33-16-32-19)26(5)23(29)31-15-25(11-7-6-8-12-25)14-30-22(28)24(2,3)4/h9-10,13,17H,6-8,11-12,14-16H2,1-5H3. The number of amides is 1. The lowest BCUT2D eigenvalue weighted by Gasteiger charge is -2.37. The molecule has 1 unspecified atom stereocenters. The minimum atomic E-state index is -0.723. The third-order valence-corrected chi connectivity index (χ3v) is 6.44. The van der Waals surface area contributed by atoms with Crippen molar-refractivity contribution < 1.29 is 33.3 Å². The van der Waals surface area contributed by atoms with Crippen LogP contribution >= 0.6 is 0 Å². The van der Waals surface area contributed by atoms with E-state index in [1.807, 2.05) is 20.8 Å². The largest absolute Gasteiger partial charge is 0.465 e. The SMILES string of the molecule is CC(C(=O)c1ccc2c(c1)OCO2)N(C)C(=O)OCC1(COC(=O)C(C)(C)C)CCCCC1. The lowest BCUT2D eigenvalue weighted by molar-refractivity contribution is -0.158. The first-order valence-corrected chi connectivity index (χ1v) is 11.5. The maximum atomic E-state index is 12.9. The molecule has 8 nitrogen and oxygen atoms in total. The van der Waals surface area contributed by atoms with Crippen molar-refractivity contribution in [3.8, 4) is 11.5 Å². The Hall–Kier alpha value is -2.77. The average molecular weight is 462 g/mol. The van der Waals surface area contributed by atoms with Crippen molar-refractivity contribution in [2.75, 3.05) is 27.1 Å². The highest BCUT2D eigenvalue weighted by Gasteiger charge is 2.37. The van der Waals surface area contributed by atoms with Gasteiger partial charge in [-0.25, -0.2) is 4.79 Å². The number of hydrogen-bond donors (Lipinski definition) is 0. The Morgan fingerprint density at radius 2 is 1.67 bits per heavy atom. The van der Waals surface area contributed by atoms with Gasteiger partial charge >= 0.3 is 12.1 Å². The molecule has 1 atom stereocenters. The summed E-state index contributed by atoms with van der Waals surface area (Å²) >= 11 is 0. The average Bonchev–Trinajstić information content (AvgIpc) is 3.27. The third-order valence-electron chi connectivity index (χ3n) is 6.44. The van der Waals surface area contributed by atoms with Crippen molar-refractivity contribution in [2.45, 2.75) is 65.8 Å². The molecular formula is C25H35NO7. The van der Waals surface area contributed by atoms with Crippen LogP contribution in [0.25, 0.3) is 0 Å². The number of carbonyl (C=O) groups excluding carboxylic acids is 3. The maximum Gasteiger partial charge on any atom is 0.410 e. The fourth-order valence-corrected chi connectivity index (χ4v) is 4.01. The Morgan fingerprint density at radius 3 is 2.33 bits per heavy atom. The van der Waals surface area contributed by atoms with E-state index in [4.69, 9.17) is 18.9 Å². The number of ether oxygens (including phenoxy) is 4. The number of Topliss-reactive ketones (excluding diaryl/α,β-unsaturated/α-hetero) is 1. The monoisotopic (exact) mass is 461 g/mol. The fraction of sp³-hybridized carbons (Fsp3) is 0.640. The molecule has 1 aromatic carbocycles. The van der Waals surface area contributed by atoms with Crippen molar-refractivity contribution in [3.05, 3.63) is 23.8 Å². The van der Waals surface area contributed by atoms with Crippen molar-refractivity contribution in [2.24, 2.45) is 10.8 Å². The van der Waals surface area contributed by atoms with E-state index in [1.165, 1.54) is 4.90 Å².